The first-order valence-electron chi connectivity index (χ1n) is 7.19. The zero-order chi connectivity index (χ0) is 15.4. The highest BCUT2D eigenvalue weighted by atomic mass is 16.6. The van der Waals surface area contributed by atoms with Gasteiger partial charge in [-0.3, -0.25) is 14.9 Å². The smallest absolute Gasteiger partial charge is 0.309 e. The summed E-state index contributed by atoms with van der Waals surface area (Å²) in [5.41, 5.74) is 1.77. The molecule has 0 aromatic heterocycles. The molecule has 1 fully saturated rings. The molecule has 0 amide bonds. The number of benzene rings is 1. The van der Waals surface area contributed by atoms with Gasteiger partial charge in [-0.1, -0.05) is 0 Å². The Morgan fingerprint density at radius 1 is 1.43 bits per heavy atom. The highest BCUT2D eigenvalue weighted by Gasteiger charge is 2.26. The highest BCUT2D eigenvalue weighted by molar-refractivity contribution is 5.73. The molecule has 114 valence electrons. The number of aryl methyl sites for hydroxylation is 1. The number of anilines is 1. The van der Waals surface area contributed by atoms with Gasteiger partial charge in [-0.25, -0.2) is 0 Å². The normalized spacial score (nSPS) is 15.8. The van der Waals surface area contributed by atoms with Crippen molar-refractivity contribution in [3.8, 4) is 0 Å². The maximum atomic E-state index is 11.7. The molecule has 1 aliphatic rings. The summed E-state index contributed by atoms with van der Waals surface area (Å²) in [6.07, 6.45) is 1.52. The second-order valence-electron chi connectivity index (χ2n) is 5.24. The van der Waals surface area contributed by atoms with Crippen LogP contribution in [0.5, 0.6) is 0 Å². The fraction of sp³-hybridized carbons (Fsp3) is 0.533. The predicted octanol–water partition coefficient (Wildman–Crippen LogP) is 2.68. The average Bonchev–Trinajstić information content (AvgIpc) is 2.47. The van der Waals surface area contributed by atoms with Crippen molar-refractivity contribution in [3.05, 3.63) is 33.9 Å². The summed E-state index contributed by atoms with van der Waals surface area (Å²) in [5, 5.41) is 10.8. The van der Waals surface area contributed by atoms with Crippen molar-refractivity contribution < 1.29 is 14.5 Å². The van der Waals surface area contributed by atoms with Crippen LogP contribution < -0.4 is 4.90 Å². The zero-order valence-corrected chi connectivity index (χ0v) is 12.4. The number of carbonyl (C=O) groups excluding carboxylic acids is 1. The van der Waals surface area contributed by atoms with Crippen LogP contribution >= 0.6 is 0 Å². The zero-order valence-electron chi connectivity index (χ0n) is 12.4. The van der Waals surface area contributed by atoms with Crippen LogP contribution in [0.15, 0.2) is 18.2 Å². The van der Waals surface area contributed by atoms with E-state index in [-0.39, 0.29) is 22.5 Å². The third-order valence-corrected chi connectivity index (χ3v) is 3.86. The quantitative estimate of drug-likeness (QED) is 0.484. The molecule has 1 saturated heterocycles. The summed E-state index contributed by atoms with van der Waals surface area (Å²) in [5.74, 6) is -0.141. The van der Waals surface area contributed by atoms with Gasteiger partial charge in [-0.15, -0.1) is 0 Å². The third-order valence-electron chi connectivity index (χ3n) is 3.86. The number of esters is 1. The Bertz CT molecular complexity index is 536. The van der Waals surface area contributed by atoms with Gasteiger partial charge in [0.2, 0.25) is 0 Å². The number of ether oxygens (including phenoxy) is 1. The molecule has 0 unspecified atom stereocenters. The van der Waals surface area contributed by atoms with Gasteiger partial charge in [0, 0.05) is 30.4 Å². The van der Waals surface area contributed by atoms with Crippen LogP contribution in [0.4, 0.5) is 11.4 Å². The van der Waals surface area contributed by atoms with E-state index in [1.165, 1.54) is 0 Å². The molecule has 0 spiro atoms. The van der Waals surface area contributed by atoms with Gasteiger partial charge in [0.15, 0.2) is 0 Å². The number of nitro benzene ring substituents is 1. The molecule has 0 radical (unpaired) electrons. The van der Waals surface area contributed by atoms with E-state index in [0.717, 1.165) is 31.6 Å². The standard InChI is InChI=1S/C15H20N2O4/c1-3-21-15(18)12-6-8-16(9-7-12)13-4-5-14(17(19)20)11(2)10-13/h4-5,10,12H,3,6-9H2,1-2H3. The van der Waals surface area contributed by atoms with E-state index in [0.29, 0.717) is 12.2 Å². The minimum absolute atomic E-state index is 0.0275. The Labute approximate surface area is 123 Å². The Morgan fingerprint density at radius 3 is 2.62 bits per heavy atom. The lowest BCUT2D eigenvalue weighted by molar-refractivity contribution is -0.385. The average molecular weight is 292 g/mol. The molecular weight excluding hydrogens is 272 g/mol. The molecule has 0 N–H and O–H groups in total. The van der Waals surface area contributed by atoms with E-state index in [1.807, 2.05) is 13.0 Å². The van der Waals surface area contributed by atoms with E-state index in [4.69, 9.17) is 4.74 Å². The molecule has 1 aliphatic heterocycles. The molecule has 6 heteroatoms. The van der Waals surface area contributed by atoms with Gasteiger partial charge in [0.25, 0.3) is 5.69 Å². The second-order valence-corrected chi connectivity index (χ2v) is 5.24. The molecule has 2 rings (SSSR count). The van der Waals surface area contributed by atoms with Crippen LogP contribution in [0.25, 0.3) is 0 Å². The van der Waals surface area contributed by atoms with E-state index in [1.54, 1.807) is 19.1 Å². The second kappa shape index (κ2) is 6.56. The molecule has 21 heavy (non-hydrogen) atoms. The minimum Gasteiger partial charge on any atom is -0.466 e. The number of piperidine rings is 1. The van der Waals surface area contributed by atoms with Crippen molar-refractivity contribution in [1.82, 2.24) is 0 Å². The van der Waals surface area contributed by atoms with E-state index in [9.17, 15) is 14.9 Å². The van der Waals surface area contributed by atoms with Gasteiger partial charge in [-0.2, -0.15) is 0 Å². The van der Waals surface area contributed by atoms with Crippen molar-refractivity contribution in [1.29, 1.82) is 0 Å². The lowest BCUT2D eigenvalue weighted by atomic mass is 9.96. The van der Waals surface area contributed by atoms with Gasteiger partial charge >= 0.3 is 5.97 Å². The lowest BCUT2D eigenvalue weighted by Crippen LogP contribution is -2.37. The summed E-state index contributed by atoms with van der Waals surface area (Å²) in [4.78, 5) is 24.3. The molecule has 1 heterocycles. The molecule has 0 aliphatic carbocycles. The highest BCUT2D eigenvalue weighted by Crippen LogP contribution is 2.28. The Balaban J connectivity index is 2.01. The van der Waals surface area contributed by atoms with Gasteiger partial charge in [0.1, 0.15) is 0 Å². The van der Waals surface area contributed by atoms with E-state index < -0.39 is 0 Å². The number of nitro groups is 1. The first-order chi connectivity index (χ1) is 10.0. The van der Waals surface area contributed by atoms with Crippen molar-refractivity contribution in [2.45, 2.75) is 26.7 Å². The summed E-state index contributed by atoms with van der Waals surface area (Å²) < 4.78 is 5.05. The molecule has 0 atom stereocenters. The van der Waals surface area contributed by atoms with Crippen LogP contribution in [0.3, 0.4) is 0 Å². The number of nitrogens with zero attached hydrogens (tertiary/aromatic N) is 2. The lowest BCUT2D eigenvalue weighted by Gasteiger charge is -2.32. The van der Waals surface area contributed by atoms with Crippen LogP contribution in [0.1, 0.15) is 25.3 Å². The number of carbonyl (C=O) groups is 1. The summed E-state index contributed by atoms with van der Waals surface area (Å²) in [6.45, 7) is 5.50. The summed E-state index contributed by atoms with van der Waals surface area (Å²) in [7, 11) is 0. The maximum absolute atomic E-state index is 11.7. The Morgan fingerprint density at radius 2 is 2.10 bits per heavy atom. The van der Waals surface area contributed by atoms with Gasteiger partial charge < -0.3 is 9.64 Å². The van der Waals surface area contributed by atoms with Crippen molar-refractivity contribution in [3.63, 3.8) is 0 Å². The largest absolute Gasteiger partial charge is 0.466 e. The maximum Gasteiger partial charge on any atom is 0.309 e. The number of hydrogen-bond donors (Lipinski definition) is 0. The van der Waals surface area contributed by atoms with E-state index in [2.05, 4.69) is 4.90 Å². The van der Waals surface area contributed by atoms with Crippen molar-refractivity contribution >= 4 is 17.3 Å². The first kappa shape index (κ1) is 15.3. The molecule has 0 bridgehead atoms. The van der Waals surface area contributed by atoms with E-state index >= 15 is 0 Å². The first-order valence-corrected chi connectivity index (χ1v) is 7.19. The monoisotopic (exact) mass is 292 g/mol. The summed E-state index contributed by atoms with van der Waals surface area (Å²) in [6, 6.07) is 5.15. The van der Waals surface area contributed by atoms with Crippen molar-refractivity contribution in [2.75, 3.05) is 24.6 Å². The fourth-order valence-electron chi connectivity index (χ4n) is 2.67. The molecule has 6 nitrogen and oxygen atoms in total. The SMILES string of the molecule is CCOC(=O)C1CCN(c2ccc([N+](=O)[O-])c(C)c2)CC1. The van der Waals surface area contributed by atoms with Gasteiger partial charge in [-0.05, 0) is 38.8 Å². The van der Waals surface area contributed by atoms with Crippen LogP contribution in [-0.2, 0) is 9.53 Å². The van der Waals surface area contributed by atoms with Gasteiger partial charge in [0.05, 0.1) is 17.4 Å². The number of rotatable bonds is 4. The fourth-order valence-corrected chi connectivity index (χ4v) is 2.67. The summed E-state index contributed by atoms with van der Waals surface area (Å²) >= 11 is 0. The van der Waals surface area contributed by atoms with Crippen LogP contribution in [0.2, 0.25) is 0 Å². The third kappa shape index (κ3) is 3.51. The molecular formula is C15H20N2O4. The topological polar surface area (TPSA) is 72.7 Å². The van der Waals surface area contributed by atoms with Crippen molar-refractivity contribution in [2.24, 2.45) is 5.92 Å². The molecule has 1 aromatic carbocycles. The Hall–Kier alpha value is -2.11. The predicted molar refractivity (Wildman–Crippen MR) is 79.4 cm³/mol. The van der Waals surface area contributed by atoms with Crippen LogP contribution in [-0.4, -0.2) is 30.6 Å². The minimum atomic E-state index is -0.369. The van der Waals surface area contributed by atoms with Crippen LogP contribution in [0, 0.1) is 23.0 Å². The number of hydrogen-bond acceptors (Lipinski definition) is 5. The Kier molecular flexibility index (Phi) is 4.77. The molecule has 0 saturated carbocycles. The molecule has 1 aromatic rings.